The molecule has 4 saturated carbocycles. The normalized spacial score (nSPS) is 55.3. The highest BCUT2D eigenvalue weighted by Crippen LogP contribution is 2.75. The van der Waals surface area contributed by atoms with Gasteiger partial charge in [0.05, 0.1) is 12.0 Å². The van der Waals surface area contributed by atoms with Gasteiger partial charge < -0.3 is 10.2 Å². The fraction of sp³-hybridized carbons (Fsp3) is 0.900. The Kier molecular flexibility index (Phi) is 5.15. The quantitative estimate of drug-likeness (QED) is 0.414. The number of aliphatic hydroxyl groups excluding tert-OH is 1. The lowest BCUT2D eigenvalue weighted by molar-refractivity contribution is -0.204. The van der Waals surface area contributed by atoms with E-state index < -0.39 is 5.97 Å². The van der Waals surface area contributed by atoms with Crippen molar-refractivity contribution in [3.8, 4) is 0 Å². The van der Waals surface area contributed by atoms with E-state index in [1.807, 2.05) is 0 Å². The summed E-state index contributed by atoms with van der Waals surface area (Å²) in [4.78, 5) is 12.1. The summed E-state index contributed by atoms with van der Waals surface area (Å²) in [6.45, 7) is 17.1. The Morgan fingerprint density at radius 2 is 1.61 bits per heavy atom. The van der Waals surface area contributed by atoms with Gasteiger partial charge in [-0.25, -0.2) is 0 Å². The molecule has 0 bridgehead atoms. The van der Waals surface area contributed by atoms with Crippen LogP contribution in [0.2, 0.25) is 0 Å². The molecule has 0 unspecified atom stereocenters. The molecule has 3 nitrogen and oxygen atoms in total. The van der Waals surface area contributed by atoms with Crippen molar-refractivity contribution in [1.29, 1.82) is 0 Å². The van der Waals surface area contributed by atoms with E-state index in [9.17, 15) is 15.0 Å². The Hall–Kier alpha value is -0.830. The number of carbonyl (C=O) groups is 1. The first-order valence-electron chi connectivity index (χ1n) is 13.8. The number of hydrogen-bond acceptors (Lipinski definition) is 2. The van der Waals surface area contributed by atoms with Crippen LogP contribution >= 0.6 is 0 Å². The monoisotopic (exact) mass is 456 g/mol. The van der Waals surface area contributed by atoms with Gasteiger partial charge >= 0.3 is 5.97 Å². The van der Waals surface area contributed by atoms with Gasteiger partial charge in [0, 0.05) is 0 Å². The van der Waals surface area contributed by atoms with E-state index in [0.29, 0.717) is 17.8 Å². The number of hydrogen-bond donors (Lipinski definition) is 2. The summed E-state index contributed by atoms with van der Waals surface area (Å²) in [6, 6.07) is 0. The van der Waals surface area contributed by atoms with Gasteiger partial charge in [-0.1, -0.05) is 60.1 Å². The molecule has 10 atom stereocenters. The number of fused-ring (bicyclic) bond motifs is 7. The number of allylic oxidation sites excluding steroid dienone is 2. The lowest BCUT2D eigenvalue weighted by atomic mass is 9.33. The highest BCUT2D eigenvalue weighted by molar-refractivity contribution is 5.70. The highest BCUT2D eigenvalue weighted by atomic mass is 16.4. The van der Waals surface area contributed by atoms with Crippen molar-refractivity contribution in [2.75, 3.05) is 0 Å². The maximum absolute atomic E-state index is 12.1. The van der Waals surface area contributed by atoms with E-state index in [2.05, 4.69) is 54.5 Å². The molecule has 0 aromatic heterocycles. The van der Waals surface area contributed by atoms with E-state index in [0.717, 1.165) is 32.1 Å². The molecule has 5 aliphatic rings. The van der Waals surface area contributed by atoms with Crippen LogP contribution in [0.1, 0.15) is 106 Å². The van der Waals surface area contributed by atoms with Crippen molar-refractivity contribution >= 4 is 5.97 Å². The Morgan fingerprint density at radius 1 is 0.909 bits per heavy atom. The Balaban J connectivity index is 1.58. The fourth-order valence-electron chi connectivity index (χ4n) is 11.0. The minimum absolute atomic E-state index is 0.0169. The number of carboxylic acid groups (broad SMARTS) is 1. The van der Waals surface area contributed by atoms with Crippen LogP contribution in [0.3, 0.4) is 0 Å². The van der Waals surface area contributed by atoms with Crippen LogP contribution in [-0.4, -0.2) is 22.3 Å². The SMILES string of the molecule is C[C@H]1[C@H](C(=O)O)CC[C@]2(C)CC[C@]3(C)C(=CC[C@@H]4[C@@]5(C)CC[C@@H](O)C(C)(C)[C@H]5CC[C@]43C)[C@@H]12. The smallest absolute Gasteiger partial charge is 0.306 e. The third kappa shape index (κ3) is 2.87. The first-order valence-corrected chi connectivity index (χ1v) is 13.8. The second kappa shape index (κ2) is 7.11. The minimum atomic E-state index is -0.590. The summed E-state index contributed by atoms with van der Waals surface area (Å²) >= 11 is 0. The van der Waals surface area contributed by atoms with Gasteiger partial charge in [0.1, 0.15) is 0 Å². The van der Waals surface area contributed by atoms with Crippen LogP contribution in [0.15, 0.2) is 11.6 Å². The molecule has 0 radical (unpaired) electrons. The molecule has 0 aromatic rings. The number of aliphatic hydroxyl groups is 1. The lowest BCUT2D eigenvalue weighted by Gasteiger charge is -2.71. The summed E-state index contributed by atoms with van der Waals surface area (Å²) < 4.78 is 0. The summed E-state index contributed by atoms with van der Waals surface area (Å²) in [5.74, 6) is 1.04. The number of aliphatic carboxylic acids is 1. The Bertz CT molecular complexity index is 874. The molecular formula is C30H48O3. The van der Waals surface area contributed by atoms with Crippen molar-refractivity contribution < 1.29 is 15.0 Å². The number of rotatable bonds is 1. The van der Waals surface area contributed by atoms with Crippen LogP contribution < -0.4 is 0 Å². The maximum atomic E-state index is 12.1. The molecule has 0 aliphatic heterocycles. The van der Waals surface area contributed by atoms with Gasteiger partial charge in [-0.3, -0.25) is 4.79 Å². The zero-order valence-corrected chi connectivity index (χ0v) is 22.2. The summed E-state index contributed by atoms with van der Waals surface area (Å²) in [7, 11) is 0. The van der Waals surface area contributed by atoms with Crippen molar-refractivity contribution in [3.63, 3.8) is 0 Å². The molecule has 3 heteroatoms. The largest absolute Gasteiger partial charge is 0.481 e. The molecule has 2 N–H and O–H groups in total. The maximum Gasteiger partial charge on any atom is 0.306 e. The van der Waals surface area contributed by atoms with Crippen LogP contribution in [0.5, 0.6) is 0 Å². The molecule has 0 amide bonds. The molecule has 4 fully saturated rings. The fourth-order valence-corrected chi connectivity index (χ4v) is 11.0. The average Bonchev–Trinajstić information content (AvgIpc) is 2.72. The summed E-state index contributed by atoms with van der Waals surface area (Å²) in [6.07, 6.45) is 12.5. The zero-order valence-electron chi connectivity index (χ0n) is 22.2. The third-order valence-corrected chi connectivity index (χ3v) is 13.3. The summed E-state index contributed by atoms with van der Waals surface area (Å²) in [5, 5.41) is 20.9. The van der Waals surface area contributed by atoms with Crippen LogP contribution in [0.4, 0.5) is 0 Å². The zero-order chi connectivity index (χ0) is 24.2. The van der Waals surface area contributed by atoms with E-state index in [1.165, 1.54) is 25.7 Å². The van der Waals surface area contributed by atoms with Gasteiger partial charge in [0.2, 0.25) is 0 Å². The summed E-state index contributed by atoms with van der Waals surface area (Å²) in [5.41, 5.74) is 2.53. The molecule has 5 aliphatic carbocycles. The topological polar surface area (TPSA) is 57.5 Å². The lowest BCUT2D eigenvalue weighted by Crippen LogP contribution is -2.64. The second-order valence-corrected chi connectivity index (χ2v) is 14.6. The molecule has 0 saturated heterocycles. The predicted molar refractivity (Wildman–Crippen MR) is 133 cm³/mol. The molecule has 0 heterocycles. The van der Waals surface area contributed by atoms with Crippen molar-refractivity contribution in [2.45, 2.75) is 112 Å². The van der Waals surface area contributed by atoms with E-state index in [4.69, 9.17) is 0 Å². The Labute approximate surface area is 201 Å². The Morgan fingerprint density at radius 3 is 2.27 bits per heavy atom. The van der Waals surface area contributed by atoms with Crippen LogP contribution in [0.25, 0.3) is 0 Å². The highest BCUT2D eigenvalue weighted by Gasteiger charge is 2.68. The van der Waals surface area contributed by atoms with Gasteiger partial charge in [-0.05, 0) is 109 Å². The predicted octanol–water partition coefficient (Wildman–Crippen LogP) is 7.09. The van der Waals surface area contributed by atoms with Crippen molar-refractivity contribution in [3.05, 3.63) is 11.6 Å². The van der Waals surface area contributed by atoms with E-state index in [-0.39, 0.29) is 45.0 Å². The van der Waals surface area contributed by atoms with Crippen LogP contribution in [-0.2, 0) is 4.79 Å². The second-order valence-electron chi connectivity index (χ2n) is 14.6. The first kappa shape index (κ1) is 23.9. The minimum Gasteiger partial charge on any atom is -0.481 e. The van der Waals surface area contributed by atoms with Gasteiger partial charge in [0.25, 0.3) is 0 Å². The van der Waals surface area contributed by atoms with E-state index >= 15 is 0 Å². The third-order valence-electron chi connectivity index (χ3n) is 13.3. The van der Waals surface area contributed by atoms with Gasteiger partial charge in [0.15, 0.2) is 0 Å². The van der Waals surface area contributed by atoms with Gasteiger partial charge in [-0.15, -0.1) is 0 Å². The number of carboxylic acids is 1. The van der Waals surface area contributed by atoms with E-state index in [1.54, 1.807) is 5.57 Å². The van der Waals surface area contributed by atoms with Crippen LogP contribution in [0, 0.1) is 56.7 Å². The van der Waals surface area contributed by atoms with Crippen molar-refractivity contribution in [1.82, 2.24) is 0 Å². The molecule has 5 rings (SSSR count). The molecule has 33 heavy (non-hydrogen) atoms. The standard InChI is InChI=1S/C30H48O3/c1-18-19(25(32)33)10-13-27(4)16-17-29(6)20(24(18)27)8-9-22-28(5)14-12-23(31)26(2,3)21(28)11-15-30(22,29)7/h8,18-19,21-24,31H,9-17H2,1-7H3,(H,32,33)/t18-,19+,21+,22+,23+,24+,27+,28-,29+,30+/m0/s1. The molecule has 0 spiro atoms. The van der Waals surface area contributed by atoms with Crippen molar-refractivity contribution in [2.24, 2.45) is 56.7 Å². The molecular weight excluding hydrogens is 408 g/mol. The molecule has 0 aromatic carbocycles. The molecule has 186 valence electrons. The first-order chi connectivity index (χ1) is 15.2. The average molecular weight is 457 g/mol. The van der Waals surface area contributed by atoms with Gasteiger partial charge in [-0.2, -0.15) is 0 Å².